The van der Waals surface area contributed by atoms with Gasteiger partial charge in [0.05, 0.1) is 0 Å². The van der Waals surface area contributed by atoms with Crippen LogP contribution in [-0.4, -0.2) is 13.7 Å². The predicted molar refractivity (Wildman–Crippen MR) is 72.3 cm³/mol. The fourth-order valence-electron chi connectivity index (χ4n) is 1.64. The molecule has 0 aromatic heterocycles. The Bertz CT molecular complexity index is 223. The molecule has 0 unspecified atom stereocenters. The van der Waals surface area contributed by atoms with Gasteiger partial charge in [-0.2, -0.15) is 0 Å². The molecule has 0 amide bonds. The van der Waals surface area contributed by atoms with Crippen LogP contribution in [0.2, 0.25) is 0 Å². The van der Waals surface area contributed by atoms with Gasteiger partial charge in [0, 0.05) is 25.6 Å². The third kappa shape index (κ3) is 5.55. The van der Waals surface area contributed by atoms with Crippen molar-refractivity contribution in [1.29, 1.82) is 0 Å². The van der Waals surface area contributed by atoms with Gasteiger partial charge in [-0.05, 0) is 25.2 Å². The minimum atomic E-state index is 0. The molecule has 1 nitrogen and oxygen atoms in total. The van der Waals surface area contributed by atoms with Crippen molar-refractivity contribution in [2.45, 2.75) is 6.42 Å². The van der Waals surface area contributed by atoms with Crippen LogP contribution in [0.4, 0.5) is 0 Å². The number of hydrogen-bond donors (Lipinski definition) is 0. The van der Waals surface area contributed by atoms with Crippen LogP contribution in [0.3, 0.4) is 0 Å². The van der Waals surface area contributed by atoms with Crippen LogP contribution in [0.15, 0.2) is 24.3 Å². The fourth-order valence-corrected chi connectivity index (χ4v) is 1.64. The molecule has 2 aliphatic carbocycles. The second-order valence-electron chi connectivity index (χ2n) is 3.19. The van der Waals surface area contributed by atoms with E-state index in [0.29, 0.717) is 0 Å². The Kier molecular flexibility index (Phi) is 14.8. The SMILES string of the molecule is COCC[C]1[CH][CH][C]2C=CC=C[C]21.[CH3-].[CH3-].[CH3-].[Ti+4]. The van der Waals surface area contributed by atoms with Gasteiger partial charge in [0.25, 0.3) is 0 Å². The normalized spacial score (nSPS) is 18.4. The average Bonchev–Trinajstić information content (AvgIpc) is 2.58. The van der Waals surface area contributed by atoms with E-state index >= 15 is 0 Å². The Labute approximate surface area is 124 Å². The standard InChI is InChI=1S/C12H13O.3CH3.Ti/c1-13-9-8-11-7-6-10-4-2-3-5-12(10)11;;;;/h2-7H,8-9H2,1H3;3*1H3;/q;3*-1;+4. The maximum absolute atomic E-state index is 5.06. The molecule has 0 bridgehead atoms. The van der Waals surface area contributed by atoms with E-state index in [1.54, 1.807) is 7.11 Å². The van der Waals surface area contributed by atoms with E-state index in [4.69, 9.17) is 4.74 Å². The molecule has 2 aliphatic rings. The summed E-state index contributed by atoms with van der Waals surface area (Å²) >= 11 is 0. The van der Waals surface area contributed by atoms with Crippen molar-refractivity contribution in [3.8, 4) is 0 Å². The molecule has 2 rings (SSSR count). The first kappa shape index (κ1) is 22.3. The molecule has 91 valence electrons. The molecule has 0 aromatic rings. The predicted octanol–water partition coefficient (Wildman–Crippen LogP) is 3.64. The summed E-state index contributed by atoms with van der Waals surface area (Å²) in [5.41, 5.74) is 0. The number of ether oxygens (including phenoxy) is 1. The zero-order valence-electron chi connectivity index (χ0n) is 11.3. The Balaban J connectivity index is -0.000000490. The van der Waals surface area contributed by atoms with Crippen molar-refractivity contribution in [2.24, 2.45) is 0 Å². The second-order valence-corrected chi connectivity index (χ2v) is 3.19. The van der Waals surface area contributed by atoms with E-state index in [1.807, 2.05) is 0 Å². The minimum Gasteiger partial charge on any atom is -0.385 e. The summed E-state index contributed by atoms with van der Waals surface area (Å²) in [5, 5.41) is 0. The number of fused-ring (bicyclic) bond motifs is 1. The molecule has 0 aromatic carbocycles. The van der Waals surface area contributed by atoms with Crippen molar-refractivity contribution in [1.82, 2.24) is 0 Å². The smallest absolute Gasteiger partial charge is 0.385 e. The topological polar surface area (TPSA) is 9.23 Å². The maximum Gasteiger partial charge on any atom is 4.00 e. The molecule has 1 fully saturated rings. The molecule has 1 saturated carbocycles. The third-order valence-corrected chi connectivity index (χ3v) is 2.35. The fraction of sp³-hybridized carbons (Fsp3) is 0.200. The largest absolute Gasteiger partial charge is 4.00 e. The van der Waals surface area contributed by atoms with Gasteiger partial charge >= 0.3 is 21.7 Å². The summed E-state index contributed by atoms with van der Waals surface area (Å²) in [6.07, 6.45) is 13.8. The van der Waals surface area contributed by atoms with Crippen LogP contribution in [0.25, 0.3) is 0 Å². The van der Waals surface area contributed by atoms with E-state index in [2.05, 4.69) is 37.1 Å². The first-order valence-electron chi connectivity index (χ1n) is 4.54. The Morgan fingerprint density at radius 2 is 1.65 bits per heavy atom. The van der Waals surface area contributed by atoms with Crippen LogP contribution in [0, 0.1) is 52.9 Å². The molecule has 5 radical (unpaired) electrons. The van der Waals surface area contributed by atoms with Gasteiger partial charge in [-0.25, -0.2) is 0 Å². The summed E-state index contributed by atoms with van der Waals surface area (Å²) in [6.45, 7) is 0.800. The summed E-state index contributed by atoms with van der Waals surface area (Å²) in [5.74, 6) is 4.07. The monoisotopic (exact) mass is 266 g/mol. The van der Waals surface area contributed by atoms with E-state index < -0.39 is 0 Å². The second kappa shape index (κ2) is 11.3. The van der Waals surface area contributed by atoms with Crippen LogP contribution in [0.1, 0.15) is 6.42 Å². The van der Waals surface area contributed by atoms with Crippen LogP contribution < -0.4 is 0 Å². The Hall–Kier alpha value is 0.154. The Morgan fingerprint density at radius 1 is 1.00 bits per heavy atom. The molecule has 2 heteroatoms. The first-order chi connectivity index (χ1) is 6.42. The van der Waals surface area contributed by atoms with Gasteiger partial charge in [-0.15, -0.1) is 0 Å². The van der Waals surface area contributed by atoms with Gasteiger partial charge in [0.1, 0.15) is 0 Å². The number of allylic oxidation sites excluding steroid dienone is 4. The Morgan fingerprint density at radius 3 is 2.29 bits per heavy atom. The number of rotatable bonds is 3. The third-order valence-electron chi connectivity index (χ3n) is 2.35. The van der Waals surface area contributed by atoms with Crippen LogP contribution >= 0.6 is 0 Å². The molecule has 0 atom stereocenters. The summed E-state index contributed by atoms with van der Waals surface area (Å²) < 4.78 is 5.06. The molecular formula is C15H22OTi+. The van der Waals surface area contributed by atoms with Gasteiger partial charge in [-0.3, -0.25) is 0 Å². The average molecular weight is 266 g/mol. The van der Waals surface area contributed by atoms with E-state index in [-0.39, 0.29) is 44.0 Å². The van der Waals surface area contributed by atoms with Crippen LogP contribution in [0.5, 0.6) is 0 Å². The zero-order valence-corrected chi connectivity index (χ0v) is 12.8. The van der Waals surface area contributed by atoms with Gasteiger partial charge < -0.3 is 27.0 Å². The minimum absolute atomic E-state index is 0. The quantitative estimate of drug-likeness (QED) is 0.559. The first-order valence-corrected chi connectivity index (χ1v) is 4.54. The van der Waals surface area contributed by atoms with Gasteiger partial charge in [-0.1, -0.05) is 24.3 Å². The van der Waals surface area contributed by atoms with Crippen molar-refractivity contribution >= 4 is 0 Å². The summed E-state index contributed by atoms with van der Waals surface area (Å²) in [4.78, 5) is 0. The van der Waals surface area contributed by atoms with Crippen molar-refractivity contribution in [3.63, 3.8) is 0 Å². The molecular weight excluding hydrogens is 244 g/mol. The molecule has 0 spiro atoms. The number of methoxy groups -OCH3 is 1. The summed E-state index contributed by atoms with van der Waals surface area (Å²) in [7, 11) is 1.74. The summed E-state index contributed by atoms with van der Waals surface area (Å²) in [6, 6.07) is 0. The molecule has 0 heterocycles. The van der Waals surface area contributed by atoms with E-state index in [9.17, 15) is 0 Å². The molecule has 17 heavy (non-hydrogen) atoms. The van der Waals surface area contributed by atoms with E-state index in [1.165, 1.54) is 17.8 Å². The van der Waals surface area contributed by atoms with Crippen molar-refractivity contribution in [2.75, 3.05) is 13.7 Å². The zero-order chi connectivity index (χ0) is 9.10. The molecule has 0 saturated heterocycles. The van der Waals surface area contributed by atoms with Gasteiger partial charge in [0.2, 0.25) is 0 Å². The van der Waals surface area contributed by atoms with Gasteiger partial charge in [0.15, 0.2) is 0 Å². The maximum atomic E-state index is 5.06. The van der Waals surface area contributed by atoms with Crippen LogP contribution in [-0.2, 0) is 26.5 Å². The molecule has 0 aliphatic heterocycles. The van der Waals surface area contributed by atoms with Crippen molar-refractivity contribution in [3.05, 3.63) is 77.2 Å². The molecule has 0 N–H and O–H groups in total. The number of hydrogen-bond acceptors (Lipinski definition) is 1. The van der Waals surface area contributed by atoms with Crippen molar-refractivity contribution < 1.29 is 26.5 Å². The van der Waals surface area contributed by atoms with E-state index in [0.717, 1.165) is 13.0 Å².